The number of thiophene rings is 1. The van der Waals surface area contributed by atoms with Gasteiger partial charge in [0.2, 0.25) is 0 Å². The van der Waals surface area contributed by atoms with Crippen LogP contribution in [0, 0.1) is 20.8 Å². The topological polar surface area (TPSA) is 42.5 Å². The molecule has 23 heavy (non-hydrogen) atoms. The first-order chi connectivity index (χ1) is 11.1. The van der Waals surface area contributed by atoms with Crippen LogP contribution in [0.5, 0.6) is 0 Å². The summed E-state index contributed by atoms with van der Waals surface area (Å²) < 4.78 is 3.34. The highest BCUT2D eigenvalue weighted by Gasteiger charge is 2.22. The molecule has 4 rings (SSSR count). The third kappa shape index (κ3) is 2.11. The Kier molecular flexibility index (Phi) is 3.13. The molecule has 114 valence electrons. The molecule has 0 bridgehead atoms. The van der Waals surface area contributed by atoms with Crippen LogP contribution in [-0.2, 0) is 7.05 Å². The normalized spacial score (nSPS) is 11.5. The summed E-state index contributed by atoms with van der Waals surface area (Å²) in [5.74, 6) is 0. The van der Waals surface area contributed by atoms with Crippen LogP contribution in [0.2, 0.25) is 0 Å². The van der Waals surface area contributed by atoms with Gasteiger partial charge in [-0.2, -0.15) is 0 Å². The lowest BCUT2D eigenvalue weighted by molar-refractivity contribution is -0.662. The molecule has 0 aliphatic rings. The van der Waals surface area contributed by atoms with Gasteiger partial charge >= 0.3 is 0 Å². The van der Waals surface area contributed by atoms with E-state index < -0.39 is 0 Å². The summed E-state index contributed by atoms with van der Waals surface area (Å²) in [6, 6.07) is 8.51. The molecular formula is C18H17N4S+. The molecule has 3 aromatic heterocycles. The largest absolute Gasteiger partial charge is 0.296 e. The average molecular weight is 321 g/mol. The fourth-order valence-electron chi connectivity index (χ4n) is 2.87. The molecule has 0 radical (unpaired) electrons. The minimum Gasteiger partial charge on any atom is -0.241 e. The molecule has 0 aliphatic heterocycles. The molecule has 0 unspecified atom stereocenters. The van der Waals surface area contributed by atoms with Gasteiger partial charge in [0.05, 0.1) is 23.3 Å². The van der Waals surface area contributed by atoms with E-state index in [-0.39, 0.29) is 0 Å². The Morgan fingerprint density at radius 3 is 2.52 bits per heavy atom. The highest BCUT2D eigenvalue weighted by atomic mass is 32.1. The number of benzene rings is 1. The summed E-state index contributed by atoms with van der Waals surface area (Å²) in [5, 5.41) is 1.30. The summed E-state index contributed by atoms with van der Waals surface area (Å²) in [5.41, 5.74) is 5.83. The van der Waals surface area contributed by atoms with E-state index in [1.54, 1.807) is 11.3 Å². The summed E-state index contributed by atoms with van der Waals surface area (Å²) in [6.07, 6.45) is 1.82. The van der Waals surface area contributed by atoms with Crippen molar-refractivity contribution < 1.29 is 4.57 Å². The Morgan fingerprint density at radius 1 is 1.00 bits per heavy atom. The van der Waals surface area contributed by atoms with E-state index in [2.05, 4.69) is 41.2 Å². The quantitative estimate of drug-likeness (QED) is 0.503. The van der Waals surface area contributed by atoms with Crippen molar-refractivity contribution in [3.05, 3.63) is 47.5 Å². The molecule has 0 aliphatic carbocycles. The molecular weight excluding hydrogens is 304 g/mol. The highest BCUT2D eigenvalue weighted by Crippen LogP contribution is 2.38. The van der Waals surface area contributed by atoms with E-state index in [0.717, 1.165) is 22.6 Å². The number of aryl methyl sites for hydroxylation is 4. The predicted molar refractivity (Wildman–Crippen MR) is 93.5 cm³/mol. The zero-order valence-electron chi connectivity index (χ0n) is 13.6. The Morgan fingerprint density at radius 2 is 1.74 bits per heavy atom. The number of rotatable bonds is 1. The first kappa shape index (κ1) is 14.2. The standard InChI is InChI=1S/C18H17N4S/c1-10-13-7-5-6-8-14(13)23-17(10)16-15-18(19-9-22(16)4)21-12(3)11(2)20-15/h5-9H,1-4H3/q+1. The zero-order chi connectivity index (χ0) is 16.1. The minimum absolute atomic E-state index is 0.707. The molecule has 1 aromatic carbocycles. The van der Waals surface area contributed by atoms with Crippen LogP contribution in [0.1, 0.15) is 17.0 Å². The van der Waals surface area contributed by atoms with Crippen LogP contribution in [0.15, 0.2) is 30.6 Å². The molecule has 0 saturated heterocycles. The van der Waals surface area contributed by atoms with Gasteiger partial charge in [-0.25, -0.2) is 14.5 Å². The van der Waals surface area contributed by atoms with Crippen molar-refractivity contribution in [2.45, 2.75) is 20.8 Å². The van der Waals surface area contributed by atoms with E-state index in [9.17, 15) is 0 Å². The molecule has 3 heterocycles. The van der Waals surface area contributed by atoms with Gasteiger partial charge in [0.1, 0.15) is 0 Å². The van der Waals surface area contributed by atoms with Crippen molar-refractivity contribution in [3.63, 3.8) is 0 Å². The molecule has 0 atom stereocenters. The van der Waals surface area contributed by atoms with Crippen LogP contribution in [0.3, 0.4) is 0 Å². The molecule has 4 nitrogen and oxygen atoms in total. The van der Waals surface area contributed by atoms with Gasteiger partial charge in [0.15, 0.2) is 11.2 Å². The first-order valence-corrected chi connectivity index (χ1v) is 8.36. The summed E-state index contributed by atoms with van der Waals surface area (Å²) >= 11 is 1.80. The number of aromatic nitrogens is 4. The van der Waals surface area contributed by atoms with E-state index in [1.807, 2.05) is 31.8 Å². The fourth-order valence-corrected chi connectivity index (χ4v) is 4.17. The monoisotopic (exact) mass is 321 g/mol. The number of hydrogen-bond donors (Lipinski definition) is 0. The van der Waals surface area contributed by atoms with Crippen LogP contribution in [0.25, 0.3) is 31.8 Å². The molecule has 0 saturated carbocycles. The molecule has 0 spiro atoms. The van der Waals surface area contributed by atoms with Crippen molar-refractivity contribution in [2.24, 2.45) is 7.05 Å². The Labute approximate surface area is 138 Å². The van der Waals surface area contributed by atoms with Crippen LogP contribution in [0.4, 0.5) is 0 Å². The van der Waals surface area contributed by atoms with E-state index >= 15 is 0 Å². The maximum absolute atomic E-state index is 4.78. The lowest BCUT2D eigenvalue weighted by Gasteiger charge is -2.05. The smallest absolute Gasteiger partial charge is 0.241 e. The van der Waals surface area contributed by atoms with Crippen LogP contribution in [-0.4, -0.2) is 15.0 Å². The summed E-state index contributed by atoms with van der Waals surface area (Å²) in [4.78, 5) is 15.1. The number of nitrogens with zero attached hydrogens (tertiary/aromatic N) is 4. The number of hydrogen-bond acceptors (Lipinski definition) is 4. The second-order valence-electron chi connectivity index (χ2n) is 5.82. The number of fused-ring (bicyclic) bond motifs is 2. The summed E-state index contributed by atoms with van der Waals surface area (Å²) in [6.45, 7) is 6.14. The highest BCUT2D eigenvalue weighted by molar-refractivity contribution is 7.22. The van der Waals surface area contributed by atoms with Crippen LogP contribution >= 0.6 is 11.3 Å². The lowest BCUT2D eigenvalue weighted by atomic mass is 10.1. The zero-order valence-corrected chi connectivity index (χ0v) is 14.4. The van der Waals surface area contributed by atoms with Crippen molar-refractivity contribution >= 4 is 32.6 Å². The lowest BCUT2D eigenvalue weighted by Crippen LogP contribution is -2.32. The molecule has 4 aromatic rings. The van der Waals surface area contributed by atoms with E-state index in [4.69, 9.17) is 4.98 Å². The third-order valence-electron chi connectivity index (χ3n) is 4.28. The molecule has 0 fully saturated rings. The fraction of sp³-hybridized carbons (Fsp3) is 0.222. The van der Waals surface area contributed by atoms with Crippen LogP contribution < -0.4 is 4.57 Å². The van der Waals surface area contributed by atoms with Crippen molar-refractivity contribution in [1.82, 2.24) is 15.0 Å². The predicted octanol–water partition coefficient (Wildman–Crippen LogP) is 3.66. The molecule has 0 amide bonds. The van der Waals surface area contributed by atoms with E-state index in [1.165, 1.54) is 20.5 Å². The first-order valence-electron chi connectivity index (χ1n) is 7.54. The Bertz CT molecular complexity index is 1070. The van der Waals surface area contributed by atoms with E-state index in [0.29, 0.717) is 5.65 Å². The Hall–Kier alpha value is -2.40. The SMILES string of the molecule is Cc1nc2nc[n+](C)c(-c3sc4ccccc4c3C)c2nc1C. The van der Waals surface area contributed by atoms with Gasteiger partial charge < -0.3 is 0 Å². The maximum Gasteiger partial charge on any atom is 0.296 e. The second kappa shape index (κ2) is 5.06. The minimum atomic E-state index is 0.707. The van der Waals surface area contributed by atoms with Crippen molar-refractivity contribution in [2.75, 3.05) is 0 Å². The molecule has 0 N–H and O–H groups in total. The van der Waals surface area contributed by atoms with Gasteiger partial charge in [-0.3, -0.25) is 0 Å². The average Bonchev–Trinajstić information content (AvgIpc) is 2.86. The van der Waals surface area contributed by atoms with Gasteiger partial charge in [-0.15, -0.1) is 11.3 Å². The molecule has 5 heteroatoms. The third-order valence-corrected chi connectivity index (χ3v) is 5.56. The van der Waals surface area contributed by atoms with Gasteiger partial charge in [0.25, 0.3) is 12.0 Å². The van der Waals surface area contributed by atoms with Crippen molar-refractivity contribution in [1.29, 1.82) is 0 Å². The second-order valence-corrected chi connectivity index (χ2v) is 6.88. The maximum atomic E-state index is 4.78. The summed E-state index contributed by atoms with van der Waals surface area (Å²) in [7, 11) is 2.02. The van der Waals surface area contributed by atoms with Gasteiger partial charge in [-0.1, -0.05) is 18.2 Å². The van der Waals surface area contributed by atoms with Gasteiger partial charge in [0, 0.05) is 4.70 Å². The Balaban J connectivity index is 2.13. The van der Waals surface area contributed by atoms with Crippen molar-refractivity contribution in [3.8, 4) is 10.6 Å². The van der Waals surface area contributed by atoms with Gasteiger partial charge in [-0.05, 0) is 42.8 Å².